The largest absolute Gasteiger partial charge is 0.444 e. The van der Waals surface area contributed by atoms with Gasteiger partial charge in [-0.2, -0.15) is 4.31 Å². The monoisotopic (exact) mass is 264 g/mol. The highest BCUT2D eigenvalue weighted by atomic mass is 32.2. The van der Waals surface area contributed by atoms with E-state index in [2.05, 4.69) is 0 Å². The molecular weight excluding hydrogens is 244 g/mol. The second-order valence-corrected chi connectivity index (χ2v) is 6.08. The molecule has 1 saturated heterocycles. The number of amides is 1. The number of hydrogen-bond donors (Lipinski definition) is 1. The molecule has 0 aromatic heterocycles. The molecule has 0 aliphatic carbocycles. The standard InChI is InChI=1S/C10H20N2O4S/c1-8-7-11(5-6-12(8)17(14)15)9(13)16-10(2,3)4/h8H,5-7H2,1-4H3,(H,14,15). The highest BCUT2D eigenvalue weighted by Gasteiger charge is 2.31. The zero-order chi connectivity index (χ0) is 13.2. The van der Waals surface area contributed by atoms with Crippen LogP contribution in [0.15, 0.2) is 0 Å². The first-order chi connectivity index (χ1) is 7.70. The zero-order valence-electron chi connectivity index (χ0n) is 10.7. The van der Waals surface area contributed by atoms with E-state index in [-0.39, 0.29) is 12.1 Å². The third kappa shape index (κ3) is 4.25. The molecule has 17 heavy (non-hydrogen) atoms. The third-order valence-corrected chi connectivity index (χ3v) is 3.36. The van der Waals surface area contributed by atoms with E-state index in [4.69, 9.17) is 9.29 Å². The minimum atomic E-state index is -1.97. The Morgan fingerprint density at radius 2 is 2.00 bits per heavy atom. The van der Waals surface area contributed by atoms with Gasteiger partial charge in [0.05, 0.1) is 0 Å². The van der Waals surface area contributed by atoms with Gasteiger partial charge < -0.3 is 9.64 Å². The molecule has 1 heterocycles. The van der Waals surface area contributed by atoms with Gasteiger partial charge >= 0.3 is 6.09 Å². The van der Waals surface area contributed by atoms with E-state index >= 15 is 0 Å². The molecule has 0 radical (unpaired) electrons. The minimum absolute atomic E-state index is 0.151. The van der Waals surface area contributed by atoms with E-state index in [0.29, 0.717) is 19.6 Å². The lowest BCUT2D eigenvalue weighted by molar-refractivity contribution is 0.0142. The van der Waals surface area contributed by atoms with Crippen molar-refractivity contribution in [2.45, 2.75) is 39.3 Å². The molecular formula is C10H20N2O4S. The summed E-state index contributed by atoms with van der Waals surface area (Å²) < 4.78 is 26.7. The van der Waals surface area contributed by atoms with Crippen LogP contribution in [0.4, 0.5) is 4.79 Å². The topological polar surface area (TPSA) is 70.1 Å². The summed E-state index contributed by atoms with van der Waals surface area (Å²) in [5.41, 5.74) is -0.517. The molecule has 1 amide bonds. The van der Waals surface area contributed by atoms with E-state index in [1.54, 1.807) is 4.90 Å². The molecule has 1 N–H and O–H groups in total. The lowest BCUT2D eigenvalue weighted by Crippen LogP contribution is -2.54. The van der Waals surface area contributed by atoms with Crippen molar-refractivity contribution in [2.75, 3.05) is 19.6 Å². The molecule has 0 aromatic carbocycles. The van der Waals surface area contributed by atoms with Crippen molar-refractivity contribution < 1.29 is 18.3 Å². The quantitative estimate of drug-likeness (QED) is 0.719. The number of carbonyl (C=O) groups excluding carboxylic acids is 1. The van der Waals surface area contributed by atoms with Crippen molar-refractivity contribution in [3.8, 4) is 0 Å². The van der Waals surface area contributed by atoms with Crippen molar-refractivity contribution in [1.29, 1.82) is 0 Å². The first-order valence-electron chi connectivity index (χ1n) is 5.56. The van der Waals surface area contributed by atoms with Crippen LogP contribution >= 0.6 is 0 Å². The van der Waals surface area contributed by atoms with Gasteiger partial charge in [-0.3, -0.25) is 4.55 Å². The van der Waals surface area contributed by atoms with Crippen LogP contribution in [-0.4, -0.2) is 55.3 Å². The van der Waals surface area contributed by atoms with Gasteiger partial charge in [-0.15, -0.1) is 0 Å². The van der Waals surface area contributed by atoms with E-state index in [1.165, 1.54) is 4.31 Å². The van der Waals surface area contributed by atoms with Crippen LogP contribution in [0, 0.1) is 0 Å². The predicted molar refractivity (Wildman–Crippen MR) is 64.7 cm³/mol. The third-order valence-electron chi connectivity index (χ3n) is 2.42. The number of carbonyl (C=O) groups is 1. The van der Waals surface area contributed by atoms with E-state index in [9.17, 15) is 9.00 Å². The molecule has 0 spiro atoms. The summed E-state index contributed by atoms with van der Waals surface area (Å²) in [5.74, 6) is 0. The van der Waals surface area contributed by atoms with Crippen LogP contribution in [0.25, 0.3) is 0 Å². The van der Waals surface area contributed by atoms with Gasteiger partial charge in [-0.1, -0.05) is 0 Å². The van der Waals surface area contributed by atoms with Crippen molar-refractivity contribution in [2.24, 2.45) is 0 Å². The fourth-order valence-electron chi connectivity index (χ4n) is 1.67. The number of rotatable bonds is 1. The Morgan fingerprint density at radius 1 is 1.41 bits per heavy atom. The highest BCUT2D eigenvalue weighted by molar-refractivity contribution is 7.76. The molecule has 1 rings (SSSR count). The van der Waals surface area contributed by atoms with E-state index < -0.39 is 16.9 Å². The molecule has 1 aliphatic rings. The molecule has 0 aromatic rings. The van der Waals surface area contributed by atoms with Crippen LogP contribution in [0.1, 0.15) is 27.7 Å². The summed E-state index contributed by atoms with van der Waals surface area (Å²) in [6.45, 7) is 8.44. The molecule has 2 atom stereocenters. The van der Waals surface area contributed by atoms with Gasteiger partial charge in [-0.25, -0.2) is 9.00 Å². The van der Waals surface area contributed by atoms with Gasteiger partial charge in [0, 0.05) is 25.7 Å². The number of hydrogen-bond acceptors (Lipinski definition) is 3. The number of ether oxygens (including phenoxy) is 1. The van der Waals surface area contributed by atoms with Crippen LogP contribution in [0.2, 0.25) is 0 Å². The Bertz CT molecular complexity index is 316. The van der Waals surface area contributed by atoms with Crippen molar-refractivity contribution in [3.05, 3.63) is 0 Å². The smallest absolute Gasteiger partial charge is 0.410 e. The molecule has 7 heteroatoms. The van der Waals surface area contributed by atoms with Crippen LogP contribution < -0.4 is 0 Å². The zero-order valence-corrected chi connectivity index (χ0v) is 11.5. The van der Waals surface area contributed by atoms with Crippen LogP contribution in [0.5, 0.6) is 0 Å². The Morgan fingerprint density at radius 3 is 2.41 bits per heavy atom. The molecule has 1 fully saturated rings. The maximum absolute atomic E-state index is 11.8. The van der Waals surface area contributed by atoms with Crippen LogP contribution in [0.3, 0.4) is 0 Å². The fraction of sp³-hybridized carbons (Fsp3) is 0.900. The highest BCUT2D eigenvalue weighted by Crippen LogP contribution is 2.15. The van der Waals surface area contributed by atoms with Crippen molar-refractivity contribution in [3.63, 3.8) is 0 Å². The first-order valence-corrected chi connectivity index (χ1v) is 6.62. The second-order valence-electron chi connectivity index (χ2n) is 5.15. The van der Waals surface area contributed by atoms with Gasteiger partial charge in [0.25, 0.3) is 0 Å². The average molecular weight is 264 g/mol. The van der Waals surface area contributed by atoms with Gasteiger partial charge in [0.15, 0.2) is 0 Å². The van der Waals surface area contributed by atoms with E-state index in [1.807, 2.05) is 27.7 Å². The predicted octanol–water partition coefficient (Wildman–Crippen LogP) is 1.06. The summed E-state index contributed by atoms with van der Waals surface area (Å²) in [6.07, 6.45) is -0.368. The fourth-order valence-corrected chi connectivity index (χ4v) is 2.28. The summed E-state index contributed by atoms with van der Waals surface area (Å²) >= 11 is -1.97. The molecule has 6 nitrogen and oxygen atoms in total. The maximum Gasteiger partial charge on any atom is 0.410 e. The summed E-state index contributed by atoms with van der Waals surface area (Å²) in [5, 5.41) is 0. The summed E-state index contributed by atoms with van der Waals surface area (Å²) in [6, 6.07) is -0.151. The first kappa shape index (κ1) is 14.4. The Kier molecular flexibility index (Phi) is 4.51. The Labute approximate surface area is 104 Å². The minimum Gasteiger partial charge on any atom is -0.444 e. The summed E-state index contributed by atoms with van der Waals surface area (Å²) in [4.78, 5) is 13.4. The van der Waals surface area contributed by atoms with E-state index in [0.717, 1.165) is 0 Å². The van der Waals surface area contributed by atoms with Crippen LogP contribution in [-0.2, 0) is 16.0 Å². The van der Waals surface area contributed by atoms with Gasteiger partial charge in [0.1, 0.15) is 5.60 Å². The number of piperazine rings is 1. The van der Waals surface area contributed by atoms with Gasteiger partial charge in [-0.05, 0) is 27.7 Å². The number of nitrogens with zero attached hydrogens (tertiary/aromatic N) is 2. The van der Waals surface area contributed by atoms with Crippen molar-refractivity contribution in [1.82, 2.24) is 9.21 Å². The lowest BCUT2D eigenvalue weighted by Gasteiger charge is -2.37. The Hall–Kier alpha value is -0.660. The molecule has 100 valence electrons. The maximum atomic E-state index is 11.8. The normalized spacial score (nSPS) is 24.5. The second kappa shape index (κ2) is 5.32. The average Bonchev–Trinajstić information content (AvgIpc) is 2.14. The lowest BCUT2D eigenvalue weighted by atomic mass is 10.2. The van der Waals surface area contributed by atoms with Crippen molar-refractivity contribution >= 4 is 17.4 Å². The molecule has 2 unspecified atom stereocenters. The van der Waals surface area contributed by atoms with Gasteiger partial charge in [0.2, 0.25) is 11.3 Å². The SMILES string of the molecule is CC1CN(C(=O)OC(C)(C)C)CCN1S(=O)O. The Balaban J connectivity index is 2.55. The summed E-state index contributed by atoms with van der Waals surface area (Å²) in [7, 11) is 0. The molecule has 1 aliphatic heterocycles. The molecule has 0 bridgehead atoms. The molecule has 0 saturated carbocycles.